The summed E-state index contributed by atoms with van der Waals surface area (Å²) >= 11 is 0. The molecule has 0 atom stereocenters. The molecule has 0 saturated heterocycles. The first-order valence-electron chi connectivity index (χ1n) is 3.23. The quantitative estimate of drug-likeness (QED) is 0.574. The van der Waals surface area contributed by atoms with Crippen molar-refractivity contribution in [2.45, 2.75) is 13.3 Å². The summed E-state index contributed by atoms with van der Waals surface area (Å²) in [6.45, 7) is 1.67. The van der Waals surface area contributed by atoms with Gasteiger partial charge in [0, 0.05) is 0 Å². The van der Waals surface area contributed by atoms with E-state index >= 15 is 0 Å². The van der Waals surface area contributed by atoms with E-state index in [1.54, 1.807) is 6.92 Å². The maximum absolute atomic E-state index is 12.6. The zero-order chi connectivity index (χ0) is 8.43. The second-order valence-corrected chi connectivity index (χ2v) is 2.44. The number of allylic oxidation sites excluding steroid dienone is 5. The molecule has 0 aromatic carbocycles. The molecular formula is C8H8F2O. The average molecular weight is 158 g/mol. The number of rotatable bonds is 0. The molecule has 0 heterocycles. The molecule has 1 N–H and O–H groups in total. The van der Waals surface area contributed by atoms with Crippen molar-refractivity contribution in [2.24, 2.45) is 0 Å². The Morgan fingerprint density at radius 1 is 1.45 bits per heavy atom. The molecule has 1 rings (SSSR count). The first-order valence-corrected chi connectivity index (χ1v) is 3.23. The van der Waals surface area contributed by atoms with Crippen molar-refractivity contribution in [3.63, 3.8) is 0 Å². The Morgan fingerprint density at radius 2 is 2.09 bits per heavy atom. The van der Waals surface area contributed by atoms with Gasteiger partial charge in [0.15, 0.2) is 17.4 Å². The van der Waals surface area contributed by atoms with E-state index in [2.05, 4.69) is 0 Å². The lowest BCUT2D eigenvalue weighted by molar-refractivity contribution is 0.367. The van der Waals surface area contributed by atoms with Crippen LogP contribution >= 0.6 is 0 Å². The fourth-order valence-electron chi connectivity index (χ4n) is 0.805. The molecule has 0 amide bonds. The summed E-state index contributed by atoms with van der Waals surface area (Å²) < 4.78 is 25.2. The van der Waals surface area contributed by atoms with Crippen molar-refractivity contribution >= 4 is 0 Å². The van der Waals surface area contributed by atoms with Gasteiger partial charge in [-0.05, 0) is 25.5 Å². The Balaban J connectivity index is 3.08. The first-order chi connectivity index (χ1) is 5.11. The number of aliphatic hydroxyl groups excluding tert-OH is 1. The Labute approximate surface area is 63.3 Å². The highest BCUT2D eigenvalue weighted by Gasteiger charge is 2.11. The van der Waals surface area contributed by atoms with Crippen molar-refractivity contribution < 1.29 is 13.9 Å². The minimum absolute atomic E-state index is 0.337. The number of hydrogen-bond acceptors (Lipinski definition) is 1. The predicted molar refractivity (Wildman–Crippen MR) is 38.3 cm³/mol. The molecular weight excluding hydrogens is 150 g/mol. The molecule has 1 aliphatic carbocycles. The zero-order valence-corrected chi connectivity index (χ0v) is 6.06. The van der Waals surface area contributed by atoms with E-state index in [1.807, 2.05) is 0 Å². The van der Waals surface area contributed by atoms with Gasteiger partial charge in [-0.2, -0.15) is 0 Å². The van der Waals surface area contributed by atoms with Crippen LogP contribution in [0.1, 0.15) is 13.3 Å². The van der Waals surface area contributed by atoms with E-state index in [9.17, 15) is 8.78 Å². The normalized spacial score (nSPS) is 19.2. The van der Waals surface area contributed by atoms with E-state index in [0.29, 0.717) is 12.0 Å². The molecule has 0 radical (unpaired) electrons. The lowest BCUT2D eigenvalue weighted by Crippen LogP contribution is -1.82. The average Bonchev–Trinajstić information content (AvgIpc) is 2.05. The van der Waals surface area contributed by atoms with Gasteiger partial charge in [-0.25, -0.2) is 8.78 Å². The third-order valence-corrected chi connectivity index (χ3v) is 1.43. The van der Waals surface area contributed by atoms with Crippen molar-refractivity contribution in [2.75, 3.05) is 0 Å². The van der Waals surface area contributed by atoms with Gasteiger partial charge in [-0.3, -0.25) is 0 Å². The number of halogens is 2. The highest BCUT2D eigenvalue weighted by molar-refractivity contribution is 5.33. The van der Waals surface area contributed by atoms with Crippen LogP contribution in [0.5, 0.6) is 0 Å². The summed E-state index contributed by atoms with van der Waals surface area (Å²) in [4.78, 5) is 0. The molecule has 0 fully saturated rings. The van der Waals surface area contributed by atoms with Crippen LogP contribution in [0.4, 0.5) is 8.78 Å². The molecule has 0 aliphatic heterocycles. The third kappa shape index (κ3) is 1.67. The second kappa shape index (κ2) is 2.86. The first kappa shape index (κ1) is 7.98. The van der Waals surface area contributed by atoms with Crippen LogP contribution in [-0.2, 0) is 0 Å². The molecule has 0 aromatic heterocycles. The van der Waals surface area contributed by atoms with Crippen molar-refractivity contribution in [3.8, 4) is 0 Å². The van der Waals surface area contributed by atoms with Gasteiger partial charge in [0.05, 0.1) is 0 Å². The van der Waals surface area contributed by atoms with Crippen LogP contribution in [0.2, 0.25) is 0 Å². The van der Waals surface area contributed by atoms with Crippen LogP contribution in [0, 0.1) is 0 Å². The molecule has 0 aromatic rings. The fourth-order valence-corrected chi connectivity index (χ4v) is 0.805. The van der Waals surface area contributed by atoms with Gasteiger partial charge >= 0.3 is 0 Å². The van der Waals surface area contributed by atoms with Gasteiger partial charge < -0.3 is 5.11 Å². The largest absolute Gasteiger partial charge is 0.503 e. The summed E-state index contributed by atoms with van der Waals surface area (Å²) in [6, 6.07) is 0. The number of hydrogen-bond donors (Lipinski definition) is 1. The molecule has 60 valence electrons. The highest BCUT2D eigenvalue weighted by Crippen LogP contribution is 2.22. The maximum atomic E-state index is 12.6. The van der Waals surface area contributed by atoms with Crippen molar-refractivity contribution in [1.29, 1.82) is 0 Å². The van der Waals surface area contributed by atoms with Crippen LogP contribution in [0.3, 0.4) is 0 Å². The summed E-state index contributed by atoms with van der Waals surface area (Å²) in [5.41, 5.74) is 0.682. The summed E-state index contributed by atoms with van der Waals surface area (Å²) in [7, 11) is 0. The zero-order valence-electron chi connectivity index (χ0n) is 6.06. The molecule has 1 aliphatic rings. The van der Waals surface area contributed by atoms with Gasteiger partial charge in [-0.1, -0.05) is 5.57 Å². The van der Waals surface area contributed by atoms with E-state index in [0.717, 1.165) is 12.2 Å². The monoisotopic (exact) mass is 158 g/mol. The van der Waals surface area contributed by atoms with Gasteiger partial charge in [0.2, 0.25) is 0 Å². The molecule has 0 saturated carbocycles. The van der Waals surface area contributed by atoms with Crippen molar-refractivity contribution in [3.05, 3.63) is 35.1 Å². The topological polar surface area (TPSA) is 20.2 Å². The predicted octanol–water partition coefficient (Wildman–Crippen LogP) is 2.93. The van der Waals surface area contributed by atoms with E-state index < -0.39 is 17.4 Å². The highest BCUT2D eigenvalue weighted by atomic mass is 19.1. The van der Waals surface area contributed by atoms with Crippen LogP contribution in [0.15, 0.2) is 35.1 Å². The second-order valence-electron chi connectivity index (χ2n) is 2.44. The third-order valence-electron chi connectivity index (χ3n) is 1.43. The maximum Gasteiger partial charge on any atom is 0.187 e. The van der Waals surface area contributed by atoms with Gasteiger partial charge in [0.25, 0.3) is 0 Å². The SMILES string of the molecule is CC1=CC(F)=C(O)C(F)=CC1. The van der Waals surface area contributed by atoms with Crippen molar-refractivity contribution in [1.82, 2.24) is 0 Å². The molecule has 1 nitrogen and oxygen atoms in total. The molecule has 0 spiro atoms. The Morgan fingerprint density at radius 3 is 2.73 bits per heavy atom. The molecule has 0 unspecified atom stereocenters. The van der Waals surface area contributed by atoms with E-state index in [-0.39, 0.29) is 0 Å². The Bertz CT molecular complexity index is 261. The summed E-state index contributed by atoms with van der Waals surface area (Å²) in [5.74, 6) is -2.70. The van der Waals surface area contributed by atoms with Gasteiger partial charge in [0.1, 0.15) is 0 Å². The van der Waals surface area contributed by atoms with Crippen LogP contribution in [0.25, 0.3) is 0 Å². The Hall–Kier alpha value is -1.12. The molecule has 3 heteroatoms. The summed E-state index contributed by atoms with van der Waals surface area (Å²) in [6.07, 6.45) is 2.61. The minimum Gasteiger partial charge on any atom is -0.503 e. The molecule has 11 heavy (non-hydrogen) atoms. The number of aliphatic hydroxyl groups is 1. The Kier molecular flexibility index (Phi) is 2.08. The van der Waals surface area contributed by atoms with E-state index in [1.165, 1.54) is 0 Å². The fraction of sp³-hybridized carbons (Fsp3) is 0.250. The van der Waals surface area contributed by atoms with Crippen LogP contribution < -0.4 is 0 Å². The lowest BCUT2D eigenvalue weighted by atomic mass is 10.2. The minimum atomic E-state index is -0.909. The van der Waals surface area contributed by atoms with Crippen LogP contribution in [-0.4, -0.2) is 5.11 Å². The standard InChI is InChI=1S/C8H8F2O/c1-5-2-3-6(9)8(11)7(10)4-5/h3-4,11H,2H2,1H3. The van der Waals surface area contributed by atoms with E-state index in [4.69, 9.17) is 5.11 Å². The smallest absolute Gasteiger partial charge is 0.187 e. The lowest BCUT2D eigenvalue weighted by Gasteiger charge is -1.92. The van der Waals surface area contributed by atoms with Gasteiger partial charge in [-0.15, -0.1) is 0 Å². The summed E-state index contributed by atoms with van der Waals surface area (Å²) in [5, 5.41) is 8.76. The molecule has 0 bridgehead atoms.